The molecule has 0 aliphatic rings. The van der Waals surface area contributed by atoms with E-state index >= 15 is 0 Å². The standard InChI is InChI=1S/C11H20N4O3/c1-3-5-13-6-4-9(12)7-10(16)14-15(2)8-11(17)18/h1,9,13H,4-8,12H2,2H3,(H,14,16)(H,17,18)/t9-/m0/s1. The van der Waals surface area contributed by atoms with Gasteiger partial charge in [-0.1, -0.05) is 5.92 Å². The molecule has 0 aromatic rings. The smallest absolute Gasteiger partial charge is 0.319 e. The van der Waals surface area contributed by atoms with Crippen molar-refractivity contribution in [2.24, 2.45) is 5.73 Å². The van der Waals surface area contributed by atoms with Crippen molar-refractivity contribution in [2.75, 3.05) is 26.7 Å². The number of amides is 1. The maximum Gasteiger partial charge on any atom is 0.319 e. The largest absolute Gasteiger partial charge is 0.480 e. The van der Waals surface area contributed by atoms with Crippen LogP contribution >= 0.6 is 0 Å². The molecule has 0 aromatic carbocycles. The summed E-state index contributed by atoms with van der Waals surface area (Å²) < 4.78 is 0. The molecule has 1 atom stereocenters. The predicted molar refractivity (Wildman–Crippen MR) is 67.3 cm³/mol. The van der Waals surface area contributed by atoms with Gasteiger partial charge in [-0.05, 0) is 13.0 Å². The van der Waals surface area contributed by atoms with E-state index < -0.39 is 5.97 Å². The van der Waals surface area contributed by atoms with Crippen LogP contribution in [-0.4, -0.2) is 54.7 Å². The van der Waals surface area contributed by atoms with Gasteiger partial charge in [0, 0.05) is 19.5 Å². The minimum absolute atomic E-state index is 0.141. The first-order valence-electron chi connectivity index (χ1n) is 5.58. The van der Waals surface area contributed by atoms with Crippen molar-refractivity contribution < 1.29 is 14.7 Å². The molecule has 0 rings (SSSR count). The lowest BCUT2D eigenvalue weighted by Crippen LogP contribution is -2.44. The molecule has 0 heterocycles. The summed E-state index contributed by atoms with van der Waals surface area (Å²) in [4.78, 5) is 21.8. The number of aliphatic carboxylic acids is 1. The minimum Gasteiger partial charge on any atom is -0.480 e. The number of likely N-dealkylation sites (N-methyl/N-ethyl adjacent to an activating group) is 1. The van der Waals surface area contributed by atoms with E-state index in [-0.39, 0.29) is 24.9 Å². The second-order valence-electron chi connectivity index (χ2n) is 3.92. The highest BCUT2D eigenvalue weighted by Crippen LogP contribution is 1.94. The van der Waals surface area contributed by atoms with Gasteiger partial charge < -0.3 is 16.2 Å². The van der Waals surface area contributed by atoms with Gasteiger partial charge >= 0.3 is 5.97 Å². The monoisotopic (exact) mass is 256 g/mol. The highest BCUT2D eigenvalue weighted by Gasteiger charge is 2.12. The number of terminal acetylenes is 1. The Morgan fingerprint density at radius 1 is 1.56 bits per heavy atom. The van der Waals surface area contributed by atoms with Gasteiger partial charge in [0.2, 0.25) is 5.91 Å². The molecule has 102 valence electrons. The molecule has 7 heteroatoms. The van der Waals surface area contributed by atoms with Crippen LogP contribution in [0.5, 0.6) is 0 Å². The Hall–Kier alpha value is -1.62. The average Bonchev–Trinajstić information content (AvgIpc) is 2.22. The van der Waals surface area contributed by atoms with Crippen molar-refractivity contribution in [1.82, 2.24) is 15.8 Å². The van der Waals surface area contributed by atoms with Gasteiger partial charge in [-0.3, -0.25) is 15.0 Å². The fourth-order valence-electron chi connectivity index (χ4n) is 1.29. The highest BCUT2D eigenvalue weighted by molar-refractivity contribution is 5.76. The van der Waals surface area contributed by atoms with Gasteiger partial charge in [-0.2, -0.15) is 0 Å². The van der Waals surface area contributed by atoms with Crippen LogP contribution in [0.1, 0.15) is 12.8 Å². The fraction of sp³-hybridized carbons (Fsp3) is 0.636. The Balaban J connectivity index is 3.73. The van der Waals surface area contributed by atoms with Crippen LogP contribution < -0.4 is 16.5 Å². The normalized spacial score (nSPS) is 11.9. The van der Waals surface area contributed by atoms with E-state index in [4.69, 9.17) is 17.3 Å². The molecule has 0 saturated heterocycles. The number of carboxylic acid groups (broad SMARTS) is 1. The van der Waals surface area contributed by atoms with E-state index in [2.05, 4.69) is 16.7 Å². The van der Waals surface area contributed by atoms with Crippen molar-refractivity contribution in [2.45, 2.75) is 18.9 Å². The van der Waals surface area contributed by atoms with Crippen molar-refractivity contribution in [1.29, 1.82) is 0 Å². The minimum atomic E-state index is -1.01. The van der Waals surface area contributed by atoms with Crippen molar-refractivity contribution in [3.63, 3.8) is 0 Å². The third kappa shape index (κ3) is 9.59. The van der Waals surface area contributed by atoms with E-state index in [0.29, 0.717) is 19.5 Å². The second kappa shape index (κ2) is 9.41. The number of hydrogen-bond acceptors (Lipinski definition) is 5. The molecular weight excluding hydrogens is 236 g/mol. The Kier molecular flexibility index (Phi) is 8.57. The second-order valence-corrected chi connectivity index (χ2v) is 3.92. The predicted octanol–water partition coefficient (Wildman–Crippen LogP) is -1.64. The number of nitrogens with zero attached hydrogens (tertiary/aromatic N) is 1. The van der Waals surface area contributed by atoms with E-state index in [0.717, 1.165) is 0 Å². The zero-order valence-electron chi connectivity index (χ0n) is 10.5. The molecular formula is C11H20N4O3. The highest BCUT2D eigenvalue weighted by atomic mass is 16.4. The molecule has 0 unspecified atom stereocenters. The first kappa shape index (κ1) is 16.4. The van der Waals surface area contributed by atoms with E-state index in [1.54, 1.807) is 0 Å². The fourth-order valence-corrected chi connectivity index (χ4v) is 1.29. The number of nitrogens with one attached hydrogen (secondary N) is 2. The van der Waals surface area contributed by atoms with Crippen LogP contribution in [0.15, 0.2) is 0 Å². The van der Waals surface area contributed by atoms with E-state index in [9.17, 15) is 9.59 Å². The molecule has 0 spiro atoms. The molecule has 5 N–H and O–H groups in total. The molecule has 0 aliphatic carbocycles. The number of hydrazine groups is 1. The summed E-state index contributed by atoms with van der Waals surface area (Å²) in [5.41, 5.74) is 8.17. The summed E-state index contributed by atoms with van der Waals surface area (Å²) in [6.45, 7) is 0.856. The van der Waals surface area contributed by atoms with Gasteiger partial charge in [0.05, 0.1) is 6.54 Å². The van der Waals surface area contributed by atoms with Gasteiger partial charge in [-0.25, -0.2) is 5.01 Å². The summed E-state index contributed by atoms with van der Waals surface area (Å²) in [6, 6.07) is -0.284. The molecule has 0 aliphatic heterocycles. The first-order chi connectivity index (χ1) is 8.45. The molecule has 0 bridgehead atoms. The number of carbonyl (C=O) groups is 2. The number of carbonyl (C=O) groups excluding carboxylic acids is 1. The van der Waals surface area contributed by atoms with E-state index in [1.807, 2.05) is 0 Å². The molecule has 0 aromatic heterocycles. The van der Waals surface area contributed by atoms with Gasteiger partial charge in [-0.15, -0.1) is 6.42 Å². The van der Waals surface area contributed by atoms with E-state index in [1.165, 1.54) is 12.1 Å². The SMILES string of the molecule is C#CCNCC[C@H](N)CC(=O)NN(C)CC(=O)O. The zero-order chi connectivity index (χ0) is 14.0. The van der Waals surface area contributed by atoms with Crippen LogP contribution in [0.4, 0.5) is 0 Å². The number of nitrogens with two attached hydrogens (primary N) is 1. The van der Waals surface area contributed by atoms with Crippen molar-refractivity contribution in [3.8, 4) is 12.3 Å². The third-order valence-electron chi connectivity index (χ3n) is 2.05. The summed E-state index contributed by atoms with van der Waals surface area (Å²) >= 11 is 0. The van der Waals surface area contributed by atoms with Gasteiger partial charge in [0.15, 0.2) is 0 Å². The molecule has 0 saturated carbocycles. The van der Waals surface area contributed by atoms with Crippen LogP contribution in [-0.2, 0) is 9.59 Å². The maximum absolute atomic E-state index is 11.5. The first-order valence-corrected chi connectivity index (χ1v) is 5.58. The topological polar surface area (TPSA) is 108 Å². The quantitative estimate of drug-likeness (QED) is 0.224. The molecule has 18 heavy (non-hydrogen) atoms. The van der Waals surface area contributed by atoms with Crippen molar-refractivity contribution in [3.05, 3.63) is 0 Å². The van der Waals surface area contributed by atoms with Crippen LogP contribution in [0, 0.1) is 12.3 Å². The Morgan fingerprint density at radius 2 is 2.22 bits per heavy atom. The Morgan fingerprint density at radius 3 is 2.78 bits per heavy atom. The third-order valence-corrected chi connectivity index (χ3v) is 2.05. The summed E-state index contributed by atoms with van der Waals surface area (Å²) in [7, 11) is 1.48. The summed E-state index contributed by atoms with van der Waals surface area (Å²) in [6.07, 6.45) is 5.82. The molecule has 0 fully saturated rings. The van der Waals surface area contributed by atoms with Gasteiger partial charge in [0.1, 0.15) is 6.54 Å². The number of carboxylic acids is 1. The van der Waals surface area contributed by atoms with Crippen LogP contribution in [0.3, 0.4) is 0 Å². The zero-order valence-corrected chi connectivity index (χ0v) is 10.5. The average molecular weight is 256 g/mol. The lowest BCUT2D eigenvalue weighted by molar-refractivity contribution is -0.139. The lowest BCUT2D eigenvalue weighted by Gasteiger charge is -2.17. The number of rotatable bonds is 9. The van der Waals surface area contributed by atoms with Crippen LogP contribution in [0.25, 0.3) is 0 Å². The Bertz CT molecular complexity index is 314. The van der Waals surface area contributed by atoms with Crippen molar-refractivity contribution >= 4 is 11.9 Å². The Labute approximate surface area is 107 Å². The maximum atomic E-state index is 11.5. The summed E-state index contributed by atoms with van der Waals surface area (Å²) in [5, 5.41) is 12.7. The molecule has 0 radical (unpaired) electrons. The molecule has 7 nitrogen and oxygen atoms in total. The molecule has 1 amide bonds. The lowest BCUT2D eigenvalue weighted by atomic mass is 10.1. The summed E-state index contributed by atoms with van der Waals surface area (Å²) in [5.74, 6) is 1.12. The number of hydrogen-bond donors (Lipinski definition) is 4. The van der Waals surface area contributed by atoms with Crippen LogP contribution in [0.2, 0.25) is 0 Å². The van der Waals surface area contributed by atoms with Gasteiger partial charge in [0.25, 0.3) is 0 Å².